The molecule has 1 aliphatic rings. The molecule has 0 aromatic heterocycles. The van der Waals surface area contributed by atoms with Gasteiger partial charge >= 0.3 is 0 Å². The van der Waals surface area contributed by atoms with Crippen LogP contribution in [0.25, 0.3) is 0 Å². The van der Waals surface area contributed by atoms with Crippen molar-refractivity contribution in [3.8, 4) is 5.75 Å². The number of hydrogen-bond acceptors (Lipinski definition) is 3. The van der Waals surface area contributed by atoms with Gasteiger partial charge in [0.25, 0.3) is 0 Å². The lowest BCUT2D eigenvalue weighted by Gasteiger charge is -2.41. The topological polar surface area (TPSA) is 24.5 Å². The van der Waals surface area contributed by atoms with Crippen LogP contribution < -0.4 is 15.0 Å². The highest BCUT2D eigenvalue weighted by molar-refractivity contribution is 5.61. The molecular formula is C18H30N2O. The zero-order valence-corrected chi connectivity index (χ0v) is 14.2. The maximum absolute atomic E-state index is 5.60. The van der Waals surface area contributed by atoms with Crippen LogP contribution in [0.5, 0.6) is 5.75 Å². The molecule has 21 heavy (non-hydrogen) atoms. The van der Waals surface area contributed by atoms with Gasteiger partial charge in [-0.15, -0.1) is 0 Å². The van der Waals surface area contributed by atoms with Gasteiger partial charge in [-0.3, -0.25) is 0 Å². The van der Waals surface area contributed by atoms with Crippen molar-refractivity contribution in [2.24, 2.45) is 5.41 Å². The minimum Gasteiger partial charge on any atom is -0.496 e. The summed E-state index contributed by atoms with van der Waals surface area (Å²) in [5.41, 5.74) is 3.13. The molecule has 0 aliphatic carbocycles. The predicted octanol–water partition coefficient (Wildman–Crippen LogP) is 3.99. The first kappa shape index (κ1) is 16.2. The van der Waals surface area contributed by atoms with Crippen molar-refractivity contribution in [1.82, 2.24) is 5.32 Å². The highest BCUT2D eigenvalue weighted by Crippen LogP contribution is 2.40. The monoisotopic (exact) mass is 290 g/mol. The van der Waals surface area contributed by atoms with Crippen LogP contribution in [-0.2, 0) is 0 Å². The van der Waals surface area contributed by atoms with E-state index in [-0.39, 0.29) is 6.04 Å². The van der Waals surface area contributed by atoms with E-state index in [1.165, 1.54) is 30.5 Å². The van der Waals surface area contributed by atoms with E-state index in [4.69, 9.17) is 4.74 Å². The minimum atomic E-state index is 0.288. The molecule has 1 N–H and O–H groups in total. The molecule has 0 spiro atoms. The van der Waals surface area contributed by atoms with Gasteiger partial charge in [0.05, 0.1) is 7.11 Å². The van der Waals surface area contributed by atoms with Gasteiger partial charge in [-0.25, -0.2) is 0 Å². The lowest BCUT2D eigenvalue weighted by atomic mass is 9.78. The summed E-state index contributed by atoms with van der Waals surface area (Å²) < 4.78 is 5.60. The van der Waals surface area contributed by atoms with E-state index in [1.807, 2.05) is 7.05 Å². The average Bonchev–Trinajstić information content (AvgIpc) is 2.54. The third kappa shape index (κ3) is 3.34. The second-order valence-corrected chi connectivity index (χ2v) is 6.55. The van der Waals surface area contributed by atoms with E-state index >= 15 is 0 Å². The second-order valence-electron chi connectivity index (χ2n) is 6.55. The van der Waals surface area contributed by atoms with Crippen LogP contribution in [0.1, 0.15) is 51.6 Å². The number of methoxy groups -OCH3 is 1. The number of ether oxygens (including phenoxy) is 1. The van der Waals surface area contributed by atoms with Crippen molar-refractivity contribution in [2.45, 2.75) is 46.1 Å². The van der Waals surface area contributed by atoms with Gasteiger partial charge in [0.2, 0.25) is 0 Å². The summed E-state index contributed by atoms with van der Waals surface area (Å²) in [5, 5.41) is 3.36. The Morgan fingerprint density at radius 3 is 2.52 bits per heavy atom. The number of anilines is 1. The van der Waals surface area contributed by atoms with E-state index in [9.17, 15) is 0 Å². The van der Waals surface area contributed by atoms with Crippen molar-refractivity contribution >= 4 is 5.69 Å². The van der Waals surface area contributed by atoms with Crippen molar-refractivity contribution in [1.29, 1.82) is 0 Å². The highest BCUT2D eigenvalue weighted by atomic mass is 16.5. The summed E-state index contributed by atoms with van der Waals surface area (Å²) in [5.74, 6) is 0.984. The van der Waals surface area contributed by atoms with Crippen molar-refractivity contribution in [2.75, 3.05) is 32.1 Å². The molecule has 1 aromatic carbocycles. The van der Waals surface area contributed by atoms with E-state index in [0.717, 1.165) is 18.8 Å². The maximum atomic E-state index is 5.60. The molecule has 0 bridgehead atoms. The van der Waals surface area contributed by atoms with Crippen LogP contribution in [0.15, 0.2) is 18.2 Å². The highest BCUT2D eigenvalue weighted by Gasteiger charge is 2.30. The first-order chi connectivity index (χ1) is 10.0. The van der Waals surface area contributed by atoms with Gasteiger partial charge in [0, 0.05) is 30.4 Å². The average molecular weight is 290 g/mol. The first-order valence-corrected chi connectivity index (χ1v) is 8.13. The molecule has 0 amide bonds. The Kier molecular flexibility index (Phi) is 5.15. The third-order valence-corrected chi connectivity index (χ3v) is 5.29. The molecule has 3 heteroatoms. The van der Waals surface area contributed by atoms with Gasteiger partial charge in [-0.2, -0.15) is 0 Å². The minimum absolute atomic E-state index is 0.288. The standard InChI is InChI=1S/C18H30N2O/c1-6-18(3)10-12-20(13-11-18)15-8-7-9-16(21-5)17(15)14(2)19-4/h7-9,14,19H,6,10-13H2,1-5H3. The fourth-order valence-electron chi connectivity index (χ4n) is 3.21. The zero-order chi connectivity index (χ0) is 15.5. The van der Waals surface area contributed by atoms with E-state index < -0.39 is 0 Å². The maximum Gasteiger partial charge on any atom is 0.125 e. The molecule has 1 aliphatic heterocycles. The van der Waals surface area contributed by atoms with Crippen LogP contribution in [0, 0.1) is 5.41 Å². The Morgan fingerprint density at radius 1 is 1.33 bits per heavy atom. The summed E-state index contributed by atoms with van der Waals surface area (Å²) in [6.07, 6.45) is 3.82. The number of benzene rings is 1. The Hall–Kier alpha value is -1.22. The molecule has 1 fully saturated rings. The number of hydrogen-bond donors (Lipinski definition) is 1. The van der Waals surface area contributed by atoms with Gasteiger partial charge in [-0.05, 0) is 44.4 Å². The summed E-state index contributed by atoms with van der Waals surface area (Å²) in [6, 6.07) is 6.69. The van der Waals surface area contributed by atoms with Gasteiger partial charge < -0.3 is 15.0 Å². The SMILES string of the molecule is CCC1(C)CCN(c2cccc(OC)c2C(C)NC)CC1. The third-order valence-electron chi connectivity index (χ3n) is 5.29. The van der Waals surface area contributed by atoms with E-state index in [2.05, 4.69) is 49.2 Å². The summed E-state index contributed by atoms with van der Waals surface area (Å²) in [4.78, 5) is 2.53. The normalized spacial score (nSPS) is 19.4. The number of nitrogens with zero attached hydrogens (tertiary/aromatic N) is 1. The van der Waals surface area contributed by atoms with Crippen LogP contribution in [0.4, 0.5) is 5.69 Å². The summed E-state index contributed by atoms with van der Waals surface area (Å²) >= 11 is 0. The molecule has 3 nitrogen and oxygen atoms in total. The van der Waals surface area contributed by atoms with Crippen LogP contribution >= 0.6 is 0 Å². The predicted molar refractivity (Wildman–Crippen MR) is 90.3 cm³/mol. The fourth-order valence-corrected chi connectivity index (χ4v) is 3.21. The van der Waals surface area contributed by atoms with Gasteiger partial charge in [0.15, 0.2) is 0 Å². The number of rotatable bonds is 5. The van der Waals surface area contributed by atoms with Crippen molar-refractivity contribution in [3.05, 3.63) is 23.8 Å². The fraction of sp³-hybridized carbons (Fsp3) is 0.667. The first-order valence-electron chi connectivity index (χ1n) is 8.13. The largest absolute Gasteiger partial charge is 0.496 e. The van der Waals surface area contributed by atoms with Crippen LogP contribution in [0.2, 0.25) is 0 Å². The Morgan fingerprint density at radius 2 is 2.00 bits per heavy atom. The van der Waals surface area contributed by atoms with E-state index in [0.29, 0.717) is 5.41 Å². The molecule has 0 radical (unpaired) electrons. The van der Waals surface area contributed by atoms with E-state index in [1.54, 1.807) is 7.11 Å². The molecule has 118 valence electrons. The lowest BCUT2D eigenvalue weighted by molar-refractivity contribution is 0.238. The molecule has 1 heterocycles. The smallest absolute Gasteiger partial charge is 0.125 e. The molecular weight excluding hydrogens is 260 g/mol. The lowest BCUT2D eigenvalue weighted by Crippen LogP contribution is -2.39. The number of nitrogens with one attached hydrogen (secondary N) is 1. The van der Waals surface area contributed by atoms with Crippen LogP contribution in [-0.4, -0.2) is 27.2 Å². The zero-order valence-electron chi connectivity index (χ0n) is 14.2. The van der Waals surface area contributed by atoms with Gasteiger partial charge in [0.1, 0.15) is 5.75 Å². The summed E-state index contributed by atoms with van der Waals surface area (Å²) in [7, 11) is 3.76. The Labute approximate surface area is 129 Å². The quantitative estimate of drug-likeness (QED) is 0.887. The Balaban J connectivity index is 2.28. The van der Waals surface area contributed by atoms with Crippen molar-refractivity contribution < 1.29 is 4.74 Å². The Bertz CT molecular complexity index is 464. The molecule has 1 aromatic rings. The molecule has 1 unspecified atom stereocenters. The van der Waals surface area contributed by atoms with Crippen molar-refractivity contribution in [3.63, 3.8) is 0 Å². The van der Waals surface area contributed by atoms with Crippen LogP contribution in [0.3, 0.4) is 0 Å². The molecule has 0 saturated carbocycles. The van der Waals surface area contributed by atoms with Gasteiger partial charge in [-0.1, -0.05) is 26.3 Å². The number of piperidine rings is 1. The molecule has 2 rings (SSSR count). The molecule has 1 saturated heterocycles. The summed E-state index contributed by atoms with van der Waals surface area (Å²) in [6.45, 7) is 9.21. The molecule has 1 atom stereocenters. The second kappa shape index (κ2) is 6.69.